The molecule has 0 unspecified atom stereocenters. The van der Waals surface area contributed by atoms with Crippen LogP contribution in [-0.2, 0) is 6.54 Å². The summed E-state index contributed by atoms with van der Waals surface area (Å²) >= 11 is 3.16. The zero-order valence-electron chi connectivity index (χ0n) is 10.9. The number of carbonyl (C=O) groups is 1. The Hall–Kier alpha value is -1.88. The molecular weight excluding hydrogens is 323 g/mol. The van der Waals surface area contributed by atoms with Gasteiger partial charge in [-0.25, -0.2) is 4.39 Å². The van der Waals surface area contributed by atoms with Gasteiger partial charge in [-0.2, -0.15) is 0 Å². The molecule has 0 spiro atoms. The van der Waals surface area contributed by atoms with Crippen molar-refractivity contribution in [2.24, 2.45) is 0 Å². The minimum Gasteiger partial charge on any atom is -0.399 e. The SMILES string of the molecule is Cc1c(N)cccc1CNC(=O)c1cc(F)cc(Br)c1. The summed E-state index contributed by atoms with van der Waals surface area (Å²) in [5.74, 6) is -0.781. The Kier molecular flexibility index (Phi) is 4.39. The van der Waals surface area contributed by atoms with Gasteiger partial charge in [0.25, 0.3) is 5.91 Å². The molecule has 0 aliphatic rings. The fourth-order valence-electron chi connectivity index (χ4n) is 1.86. The van der Waals surface area contributed by atoms with E-state index in [1.54, 1.807) is 6.07 Å². The molecule has 0 aromatic heterocycles. The molecule has 0 aliphatic carbocycles. The molecule has 3 N–H and O–H groups in total. The van der Waals surface area contributed by atoms with Crippen molar-refractivity contribution in [2.45, 2.75) is 13.5 Å². The van der Waals surface area contributed by atoms with Crippen LogP contribution < -0.4 is 11.1 Å². The molecule has 2 aromatic carbocycles. The number of benzene rings is 2. The van der Waals surface area contributed by atoms with Gasteiger partial charge in [-0.3, -0.25) is 4.79 Å². The van der Waals surface area contributed by atoms with Gasteiger partial charge in [0.1, 0.15) is 5.82 Å². The molecule has 5 heteroatoms. The van der Waals surface area contributed by atoms with E-state index in [1.165, 1.54) is 12.1 Å². The number of hydrogen-bond donors (Lipinski definition) is 2. The Labute approximate surface area is 125 Å². The summed E-state index contributed by atoms with van der Waals surface area (Å²) in [6, 6.07) is 9.62. The minimum absolute atomic E-state index is 0.276. The Bertz CT molecular complexity index is 638. The van der Waals surface area contributed by atoms with Crippen molar-refractivity contribution in [3.8, 4) is 0 Å². The molecular formula is C15H14BrFN2O. The zero-order chi connectivity index (χ0) is 14.7. The monoisotopic (exact) mass is 336 g/mol. The fourth-order valence-corrected chi connectivity index (χ4v) is 2.32. The lowest BCUT2D eigenvalue weighted by molar-refractivity contribution is 0.0950. The average molecular weight is 337 g/mol. The second-order valence-electron chi connectivity index (χ2n) is 4.47. The van der Waals surface area contributed by atoms with Crippen molar-refractivity contribution in [1.82, 2.24) is 5.32 Å². The number of nitrogens with one attached hydrogen (secondary N) is 1. The number of rotatable bonds is 3. The molecule has 104 valence electrons. The lowest BCUT2D eigenvalue weighted by Crippen LogP contribution is -2.23. The number of amides is 1. The molecule has 0 bridgehead atoms. The molecule has 3 nitrogen and oxygen atoms in total. The van der Waals surface area contributed by atoms with Crippen molar-refractivity contribution in [3.63, 3.8) is 0 Å². The normalized spacial score (nSPS) is 10.3. The summed E-state index contributed by atoms with van der Waals surface area (Å²) < 4.78 is 13.8. The third kappa shape index (κ3) is 3.36. The second kappa shape index (κ2) is 6.05. The van der Waals surface area contributed by atoms with E-state index in [0.29, 0.717) is 16.7 Å². The topological polar surface area (TPSA) is 55.1 Å². The number of halogens is 2. The predicted octanol–water partition coefficient (Wildman–Crippen LogP) is 3.41. The molecule has 0 saturated carbocycles. The summed E-state index contributed by atoms with van der Waals surface area (Å²) in [5, 5.41) is 2.76. The molecule has 0 radical (unpaired) electrons. The van der Waals surface area contributed by atoms with Gasteiger partial charge in [0.05, 0.1) is 0 Å². The molecule has 0 fully saturated rings. The quantitative estimate of drug-likeness (QED) is 0.844. The Morgan fingerprint density at radius 1 is 1.35 bits per heavy atom. The highest BCUT2D eigenvalue weighted by Crippen LogP contribution is 2.17. The summed E-state index contributed by atoms with van der Waals surface area (Å²) in [6.45, 7) is 2.25. The van der Waals surface area contributed by atoms with Crippen LogP contribution in [0, 0.1) is 12.7 Å². The summed E-state index contributed by atoms with van der Waals surface area (Å²) in [7, 11) is 0. The van der Waals surface area contributed by atoms with Crippen LogP contribution in [0.15, 0.2) is 40.9 Å². The van der Waals surface area contributed by atoms with Crippen LogP contribution >= 0.6 is 15.9 Å². The van der Waals surface area contributed by atoms with Gasteiger partial charge in [0, 0.05) is 22.3 Å². The molecule has 0 heterocycles. The van der Waals surface area contributed by atoms with Crippen molar-refractivity contribution in [3.05, 3.63) is 63.4 Å². The first-order chi connectivity index (χ1) is 9.47. The maximum Gasteiger partial charge on any atom is 0.251 e. The van der Waals surface area contributed by atoms with Crippen LogP contribution in [0.2, 0.25) is 0 Å². The van der Waals surface area contributed by atoms with Crippen LogP contribution in [-0.4, -0.2) is 5.91 Å². The molecule has 0 atom stereocenters. The maximum atomic E-state index is 13.2. The van der Waals surface area contributed by atoms with Crippen LogP contribution in [0.4, 0.5) is 10.1 Å². The zero-order valence-corrected chi connectivity index (χ0v) is 12.5. The van der Waals surface area contributed by atoms with Gasteiger partial charge in [0.15, 0.2) is 0 Å². The van der Waals surface area contributed by atoms with Crippen molar-refractivity contribution in [2.75, 3.05) is 5.73 Å². The first kappa shape index (κ1) is 14.5. The number of anilines is 1. The fraction of sp³-hybridized carbons (Fsp3) is 0.133. The highest BCUT2D eigenvalue weighted by molar-refractivity contribution is 9.10. The molecule has 0 saturated heterocycles. The van der Waals surface area contributed by atoms with Gasteiger partial charge in [-0.05, 0) is 42.3 Å². The number of nitrogen functional groups attached to an aromatic ring is 1. The highest BCUT2D eigenvalue weighted by atomic mass is 79.9. The number of hydrogen-bond acceptors (Lipinski definition) is 2. The van der Waals surface area contributed by atoms with E-state index >= 15 is 0 Å². The standard InChI is InChI=1S/C15H14BrFN2O/c1-9-10(3-2-4-14(9)18)8-19-15(20)11-5-12(16)7-13(17)6-11/h2-7H,8,18H2,1H3,(H,19,20). The van der Waals surface area contributed by atoms with E-state index in [9.17, 15) is 9.18 Å². The third-order valence-corrected chi connectivity index (χ3v) is 3.51. The van der Waals surface area contributed by atoms with Crippen LogP contribution in [0.1, 0.15) is 21.5 Å². The van der Waals surface area contributed by atoms with E-state index < -0.39 is 5.82 Å². The Balaban J connectivity index is 2.10. The highest BCUT2D eigenvalue weighted by Gasteiger charge is 2.09. The van der Waals surface area contributed by atoms with Gasteiger partial charge >= 0.3 is 0 Å². The van der Waals surface area contributed by atoms with E-state index in [4.69, 9.17) is 5.73 Å². The number of carbonyl (C=O) groups excluding carboxylic acids is 1. The lowest BCUT2D eigenvalue weighted by Gasteiger charge is -2.10. The largest absolute Gasteiger partial charge is 0.399 e. The van der Waals surface area contributed by atoms with Gasteiger partial charge in [-0.1, -0.05) is 28.1 Å². The van der Waals surface area contributed by atoms with E-state index in [2.05, 4.69) is 21.2 Å². The van der Waals surface area contributed by atoms with Crippen LogP contribution in [0.25, 0.3) is 0 Å². The van der Waals surface area contributed by atoms with Gasteiger partial charge in [-0.15, -0.1) is 0 Å². The van der Waals surface area contributed by atoms with E-state index in [1.807, 2.05) is 25.1 Å². The number of nitrogens with two attached hydrogens (primary N) is 1. The van der Waals surface area contributed by atoms with Crippen LogP contribution in [0.5, 0.6) is 0 Å². The minimum atomic E-state index is -0.454. The predicted molar refractivity (Wildman–Crippen MR) is 80.9 cm³/mol. The second-order valence-corrected chi connectivity index (χ2v) is 5.39. The van der Waals surface area contributed by atoms with Crippen molar-refractivity contribution >= 4 is 27.5 Å². The van der Waals surface area contributed by atoms with Crippen molar-refractivity contribution in [1.29, 1.82) is 0 Å². The van der Waals surface area contributed by atoms with E-state index in [-0.39, 0.29) is 11.5 Å². The van der Waals surface area contributed by atoms with E-state index in [0.717, 1.165) is 11.1 Å². The third-order valence-electron chi connectivity index (χ3n) is 3.05. The smallest absolute Gasteiger partial charge is 0.251 e. The lowest BCUT2D eigenvalue weighted by atomic mass is 10.1. The van der Waals surface area contributed by atoms with Gasteiger partial charge in [0.2, 0.25) is 0 Å². The van der Waals surface area contributed by atoms with Gasteiger partial charge < -0.3 is 11.1 Å². The molecule has 0 aliphatic heterocycles. The summed E-state index contributed by atoms with van der Waals surface area (Å²) in [4.78, 5) is 12.0. The van der Waals surface area contributed by atoms with Crippen LogP contribution in [0.3, 0.4) is 0 Å². The average Bonchev–Trinajstić information content (AvgIpc) is 2.39. The Morgan fingerprint density at radius 2 is 2.10 bits per heavy atom. The summed E-state index contributed by atoms with van der Waals surface area (Å²) in [5.41, 5.74) is 8.65. The molecule has 2 rings (SSSR count). The van der Waals surface area contributed by atoms with Crippen molar-refractivity contribution < 1.29 is 9.18 Å². The first-order valence-corrected chi connectivity index (χ1v) is 6.85. The molecule has 1 amide bonds. The maximum absolute atomic E-state index is 13.2. The Morgan fingerprint density at radius 3 is 2.80 bits per heavy atom. The molecule has 20 heavy (non-hydrogen) atoms. The molecule has 2 aromatic rings. The summed E-state index contributed by atoms with van der Waals surface area (Å²) in [6.07, 6.45) is 0. The first-order valence-electron chi connectivity index (χ1n) is 6.05.